The van der Waals surface area contributed by atoms with Crippen molar-refractivity contribution >= 4 is 5.69 Å². The summed E-state index contributed by atoms with van der Waals surface area (Å²) in [5, 5.41) is 8.06. The second kappa shape index (κ2) is 8.00. The molecule has 0 saturated carbocycles. The molecule has 0 aliphatic carbocycles. The molecule has 2 heterocycles. The van der Waals surface area contributed by atoms with Gasteiger partial charge in [0.05, 0.1) is 11.4 Å². The van der Waals surface area contributed by atoms with E-state index < -0.39 is 0 Å². The number of benzene rings is 3. The van der Waals surface area contributed by atoms with Crippen molar-refractivity contribution in [2.24, 2.45) is 0 Å². The number of anilines is 1. The number of hydrogen-bond donors (Lipinski definition) is 1. The summed E-state index contributed by atoms with van der Waals surface area (Å²) in [5.41, 5.74) is 3.44. The molecular weight excluding hydrogens is 374 g/mol. The first-order valence-corrected chi connectivity index (χ1v) is 10.2. The van der Waals surface area contributed by atoms with Gasteiger partial charge in [-0.1, -0.05) is 48.5 Å². The maximum Gasteiger partial charge on any atom is 0.355 e. The van der Waals surface area contributed by atoms with Crippen LogP contribution < -0.4 is 15.9 Å². The van der Waals surface area contributed by atoms with Crippen molar-refractivity contribution in [1.82, 2.24) is 19.7 Å². The fraction of sp³-hybridized carbons (Fsp3) is 0.167. The molecule has 1 fully saturated rings. The lowest BCUT2D eigenvalue weighted by atomic mass is 10.2. The molecular formula is C24H23N5O. The number of rotatable bonds is 4. The standard InChI is InChI=1S/C24H23N5O/c30-24-28(21-13-11-20(12-14-21)27-17-15-25-16-18-27)23(19-7-3-1-4-8-19)26-29(24)22-9-5-2-6-10-22/h1-14,25H,15-18H2. The second-order valence-corrected chi connectivity index (χ2v) is 7.31. The molecule has 0 unspecified atom stereocenters. The van der Waals surface area contributed by atoms with Crippen molar-refractivity contribution in [3.8, 4) is 22.8 Å². The molecule has 150 valence electrons. The van der Waals surface area contributed by atoms with E-state index in [0.717, 1.165) is 43.1 Å². The first kappa shape index (κ1) is 18.4. The number of nitrogens with one attached hydrogen (secondary N) is 1. The van der Waals surface area contributed by atoms with Gasteiger partial charge in [0.15, 0.2) is 5.82 Å². The largest absolute Gasteiger partial charge is 0.369 e. The van der Waals surface area contributed by atoms with Crippen LogP contribution in [0.15, 0.2) is 89.7 Å². The van der Waals surface area contributed by atoms with Crippen LogP contribution in [0.2, 0.25) is 0 Å². The average Bonchev–Trinajstić information content (AvgIpc) is 3.18. The van der Waals surface area contributed by atoms with E-state index in [1.165, 1.54) is 10.4 Å². The van der Waals surface area contributed by atoms with Crippen LogP contribution in [0.3, 0.4) is 0 Å². The summed E-state index contributed by atoms with van der Waals surface area (Å²) < 4.78 is 3.15. The summed E-state index contributed by atoms with van der Waals surface area (Å²) >= 11 is 0. The van der Waals surface area contributed by atoms with Gasteiger partial charge in [-0.15, -0.1) is 5.10 Å². The summed E-state index contributed by atoms with van der Waals surface area (Å²) in [6.07, 6.45) is 0. The molecule has 5 rings (SSSR count). The van der Waals surface area contributed by atoms with Gasteiger partial charge >= 0.3 is 5.69 Å². The molecule has 6 nitrogen and oxygen atoms in total. The van der Waals surface area contributed by atoms with E-state index in [4.69, 9.17) is 0 Å². The summed E-state index contributed by atoms with van der Waals surface area (Å²) in [5.74, 6) is 0.624. The molecule has 1 aliphatic rings. The number of hydrogen-bond acceptors (Lipinski definition) is 4. The zero-order valence-electron chi connectivity index (χ0n) is 16.6. The van der Waals surface area contributed by atoms with Crippen molar-refractivity contribution in [3.63, 3.8) is 0 Å². The quantitative estimate of drug-likeness (QED) is 0.575. The Hall–Kier alpha value is -3.64. The van der Waals surface area contributed by atoms with Crippen molar-refractivity contribution in [1.29, 1.82) is 0 Å². The Labute approximate surface area is 175 Å². The van der Waals surface area contributed by atoms with E-state index in [9.17, 15) is 4.79 Å². The third-order valence-electron chi connectivity index (χ3n) is 5.40. The molecule has 1 aromatic heterocycles. The minimum atomic E-state index is -0.185. The van der Waals surface area contributed by atoms with Gasteiger partial charge in [-0.3, -0.25) is 0 Å². The predicted molar refractivity (Wildman–Crippen MR) is 120 cm³/mol. The van der Waals surface area contributed by atoms with Gasteiger partial charge in [0.1, 0.15) is 0 Å². The highest BCUT2D eigenvalue weighted by atomic mass is 16.2. The third-order valence-corrected chi connectivity index (χ3v) is 5.40. The Morgan fingerprint density at radius 2 is 1.30 bits per heavy atom. The first-order valence-electron chi connectivity index (χ1n) is 10.2. The Kier molecular flexibility index (Phi) is 4.91. The van der Waals surface area contributed by atoms with Crippen LogP contribution in [0.1, 0.15) is 0 Å². The third kappa shape index (κ3) is 3.42. The molecule has 0 amide bonds. The zero-order valence-corrected chi connectivity index (χ0v) is 16.6. The van der Waals surface area contributed by atoms with E-state index in [0.29, 0.717) is 5.82 Å². The highest BCUT2D eigenvalue weighted by Crippen LogP contribution is 2.23. The summed E-state index contributed by atoms with van der Waals surface area (Å²) in [7, 11) is 0. The monoisotopic (exact) mass is 397 g/mol. The van der Waals surface area contributed by atoms with Crippen LogP contribution in [-0.2, 0) is 0 Å². The molecule has 0 spiro atoms. The first-order chi connectivity index (χ1) is 14.8. The molecule has 0 atom stereocenters. The maximum absolute atomic E-state index is 13.4. The summed E-state index contributed by atoms with van der Waals surface area (Å²) in [4.78, 5) is 15.8. The zero-order chi connectivity index (χ0) is 20.3. The van der Waals surface area contributed by atoms with E-state index in [-0.39, 0.29) is 5.69 Å². The number of para-hydroxylation sites is 1. The minimum Gasteiger partial charge on any atom is -0.369 e. The van der Waals surface area contributed by atoms with E-state index in [2.05, 4.69) is 27.4 Å². The topological polar surface area (TPSA) is 55.1 Å². The molecule has 1 aliphatic heterocycles. The van der Waals surface area contributed by atoms with Gasteiger partial charge in [0.25, 0.3) is 0 Å². The van der Waals surface area contributed by atoms with Gasteiger partial charge < -0.3 is 10.2 Å². The number of nitrogens with zero attached hydrogens (tertiary/aromatic N) is 4. The Morgan fingerprint density at radius 3 is 1.97 bits per heavy atom. The smallest absolute Gasteiger partial charge is 0.355 e. The van der Waals surface area contributed by atoms with Gasteiger partial charge in [0.2, 0.25) is 0 Å². The highest BCUT2D eigenvalue weighted by Gasteiger charge is 2.18. The number of aromatic nitrogens is 3. The molecule has 30 heavy (non-hydrogen) atoms. The lowest BCUT2D eigenvalue weighted by Gasteiger charge is -2.29. The molecule has 4 aromatic rings. The van der Waals surface area contributed by atoms with Crippen LogP contribution in [0.4, 0.5) is 5.69 Å². The van der Waals surface area contributed by atoms with Gasteiger partial charge in [0, 0.05) is 37.4 Å². The van der Waals surface area contributed by atoms with Crippen molar-refractivity contribution in [2.75, 3.05) is 31.1 Å². The Bertz CT molecular complexity index is 1170. The Balaban J connectivity index is 1.61. The fourth-order valence-electron chi connectivity index (χ4n) is 3.85. The summed E-state index contributed by atoms with van der Waals surface area (Å²) in [6, 6.07) is 27.5. The van der Waals surface area contributed by atoms with E-state index >= 15 is 0 Å². The molecule has 0 bridgehead atoms. The molecule has 6 heteroatoms. The van der Waals surface area contributed by atoms with Crippen LogP contribution in [-0.4, -0.2) is 40.5 Å². The second-order valence-electron chi connectivity index (χ2n) is 7.31. The molecule has 0 radical (unpaired) electrons. The predicted octanol–water partition coefficient (Wildman–Crippen LogP) is 3.10. The molecule has 3 aromatic carbocycles. The average molecular weight is 397 g/mol. The maximum atomic E-state index is 13.4. The van der Waals surface area contributed by atoms with Gasteiger partial charge in [-0.2, -0.15) is 4.68 Å². The molecule has 1 saturated heterocycles. The fourth-order valence-corrected chi connectivity index (χ4v) is 3.85. The van der Waals surface area contributed by atoms with Crippen LogP contribution in [0, 0.1) is 0 Å². The van der Waals surface area contributed by atoms with E-state index in [1.807, 2.05) is 72.8 Å². The van der Waals surface area contributed by atoms with Gasteiger partial charge in [-0.05, 0) is 36.4 Å². The van der Waals surface area contributed by atoms with Crippen molar-refractivity contribution < 1.29 is 0 Å². The lowest BCUT2D eigenvalue weighted by Crippen LogP contribution is -2.43. The SMILES string of the molecule is O=c1n(-c2ccccc2)nc(-c2ccccc2)n1-c1ccc(N2CCNCC2)cc1. The van der Waals surface area contributed by atoms with Gasteiger partial charge in [-0.25, -0.2) is 9.36 Å². The lowest BCUT2D eigenvalue weighted by molar-refractivity contribution is 0.589. The number of piperazine rings is 1. The minimum absolute atomic E-state index is 0.185. The van der Waals surface area contributed by atoms with Crippen molar-refractivity contribution in [3.05, 3.63) is 95.4 Å². The van der Waals surface area contributed by atoms with Crippen LogP contribution in [0.5, 0.6) is 0 Å². The summed E-state index contributed by atoms with van der Waals surface area (Å²) in [6.45, 7) is 3.95. The highest BCUT2D eigenvalue weighted by molar-refractivity contribution is 5.60. The van der Waals surface area contributed by atoms with Crippen molar-refractivity contribution in [2.45, 2.75) is 0 Å². The Morgan fingerprint density at radius 1 is 0.700 bits per heavy atom. The normalized spacial score (nSPS) is 14.1. The van der Waals surface area contributed by atoms with Crippen LogP contribution >= 0.6 is 0 Å². The van der Waals surface area contributed by atoms with Crippen LogP contribution in [0.25, 0.3) is 22.8 Å². The molecule has 1 N–H and O–H groups in total. The van der Waals surface area contributed by atoms with E-state index in [1.54, 1.807) is 4.57 Å².